The molecule has 0 amide bonds. The van der Waals surface area contributed by atoms with Crippen LogP contribution in [0.15, 0.2) is 42.5 Å². The molecule has 10 heteroatoms. The average molecular weight is 507 g/mol. The van der Waals surface area contributed by atoms with Gasteiger partial charge < -0.3 is 14.0 Å². The first kappa shape index (κ1) is 25.7. The van der Waals surface area contributed by atoms with Crippen LogP contribution in [0.25, 0.3) is 11.4 Å². The van der Waals surface area contributed by atoms with E-state index in [0.29, 0.717) is 33.3 Å². The predicted molar refractivity (Wildman–Crippen MR) is 130 cm³/mol. The maximum atomic E-state index is 12.9. The van der Waals surface area contributed by atoms with Crippen LogP contribution in [-0.2, 0) is 19.0 Å². The molecular formula is C24H27ClN2O6S. The maximum absolute atomic E-state index is 12.9. The molecule has 0 aliphatic rings. The van der Waals surface area contributed by atoms with Crippen molar-refractivity contribution in [2.75, 3.05) is 20.5 Å². The smallest absolute Gasteiger partial charge is 0.358 e. The number of hydrogen-bond acceptors (Lipinski definition) is 7. The van der Waals surface area contributed by atoms with Gasteiger partial charge in [-0.15, -0.1) is 0 Å². The highest BCUT2D eigenvalue weighted by Crippen LogP contribution is 2.40. The Hall–Kier alpha value is -2.88. The first-order valence-corrected chi connectivity index (χ1v) is 12.7. The van der Waals surface area contributed by atoms with Crippen molar-refractivity contribution in [2.45, 2.75) is 32.9 Å². The van der Waals surface area contributed by atoms with Crippen LogP contribution >= 0.6 is 11.6 Å². The van der Waals surface area contributed by atoms with Gasteiger partial charge in [-0.2, -0.15) is 8.42 Å². The number of methoxy groups -OCH3 is 2. The number of aromatic nitrogens is 2. The summed E-state index contributed by atoms with van der Waals surface area (Å²) < 4.78 is 42.6. The number of carbonyl (C=O) groups excluding carboxylic acids is 1. The maximum Gasteiger partial charge on any atom is 0.358 e. The molecule has 1 aromatic heterocycles. The molecular weight excluding hydrogens is 480 g/mol. The second-order valence-electron chi connectivity index (χ2n) is 8.01. The van der Waals surface area contributed by atoms with Crippen LogP contribution in [0.3, 0.4) is 0 Å². The van der Waals surface area contributed by atoms with Gasteiger partial charge in [0.25, 0.3) is 10.1 Å². The molecule has 0 radical (unpaired) electrons. The number of esters is 1. The summed E-state index contributed by atoms with van der Waals surface area (Å²) in [4.78, 5) is 17.5. The second kappa shape index (κ2) is 10.2. The van der Waals surface area contributed by atoms with Gasteiger partial charge in [-0.1, -0.05) is 29.8 Å². The van der Waals surface area contributed by atoms with Crippen molar-refractivity contribution in [3.05, 3.63) is 70.0 Å². The summed E-state index contributed by atoms with van der Waals surface area (Å²) in [5.41, 5.74) is 2.03. The van der Waals surface area contributed by atoms with E-state index in [1.807, 2.05) is 32.0 Å². The number of para-hydroxylation sites is 1. The lowest BCUT2D eigenvalue weighted by Crippen LogP contribution is -2.21. The molecule has 0 bridgehead atoms. The van der Waals surface area contributed by atoms with Crippen molar-refractivity contribution in [1.82, 2.24) is 9.55 Å². The summed E-state index contributed by atoms with van der Waals surface area (Å²) in [5.74, 6) is 0.233. The Morgan fingerprint density at radius 2 is 1.79 bits per heavy atom. The largest absolute Gasteiger partial charge is 0.496 e. The standard InChI is InChI=1S/C24H27ClN2O6S/c1-14(2)27-21(22(33-34(6,29)30)17-12-11-16(25)13-15(17)3)20(24(28)32-5)26-23(27)18-9-7-8-10-19(18)31-4/h7-14,22H,1-6H3. The van der Waals surface area contributed by atoms with Crippen molar-refractivity contribution in [3.63, 3.8) is 0 Å². The number of aryl methyl sites for hydroxylation is 1. The Balaban J connectivity index is 2.45. The lowest BCUT2D eigenvalue weighted by molar-refractivity contribution is 0.0589. The van der Waals surface area contributed by atoms with Crippen molar-refractivity contribution in [2.24, 2.45) is 0 Å². The topological polar surface area (TPSA) is 96.7 Å². The molecule has 1 heterocycles. The molecule has 0 aliphatic heterocycles. The van der Waals surface area contributed by atoms with Crippen LogP contribution in [0.2, 0.25) is 5.02 Å². The van der Waals surface area contributed by atoms with Gasteiger partial charge >= 0.3 is 5.97 Å². The average Bonchev–Trinajstić information content (AvgIpc) is 3.17. The number of benzene rings is 2. The van der Waals surface area contributed by atoms with Crippen molar-refractivity contribution < 1.29 is 26.9 Å². The fourth-order valence-electron chi connectivity index (χ4n) is 3.84. The van der Waals surface area contributed by atoms with E-state index in [2.05, 4.69) is 4.98 Å². The second-order valence-corrected chi connectivity index (χ2v) is 10.0. The van der Waals surface area contributed by atoms with Crippen molar-refractivity contribution >= 4 is 27.7 Å². The number of hydrogen-bond donors (Lipinski definition) is 0. The van der Waals surface area contributed by atoms with Gasteiger partial charge in [0.1, 0.15) is 17.7 Å². The lowest BCUT2D eigenvalue weighted by atomic mass is 9.99. The molecule has 1 unspecified atom stereocenters. The third kappa shape index (κ3) is 5.27. The molecule has 34 heavy (non-hydrogen) atoms. The minimum atomic E-state index is -3.96. The molecule has 3 rings (SSSR count). The van der Waals surface area contributed by atoms with Gasteiger partial charge in [0.2, 0.25) is 0 Å². The Bertz CT molecular complexity index is 1320. The van der Waals surface area contributed by atoms with E-state index in [0.717, 1.165) is 6.26 Å². The summed E-state index contributed by atoms with van der Waals surface area (Å²) in [7, 11) is -1.18. The van der Waals surface area contributed by atoms with E-state index in [1.54, 1.807) is 35.8 Å². The highest BCUT2D eigenvalue weighted by atomic mass is 35.5. The van der Waals surface area contributed by atoms with Gasteiger partial charge in [0.15, 0.2) is 5.69 Å². The highest BCUT2D eigenvalue weighted by Gasteiger charge is 2.35. The predicted octanol–water partition coefficient (Wildman–Crippen LogP) is 4.95. The molecule has 2 aromatic carbocycles. The van der Waals surface area contributed by atoms with Crippen molar-refractivity contribution in [1.29, 1.82) is 0 Å². The molecule has 3 aromatic rings. The fourth-order valence-corrected chi connectivity index (χ4v) is 4.61. The molecule has 0 saturated heterocycles. The molecule has 0 aliphatic carbocycles. The van der Waals surface area contributed by atoms with E-state index >= 15 is 0 Å². The zero-order valence-electron chi connectivity index (χ0n) is 19.8. The Labute approximate surface area is 204 Å². The van der Waals surface area contributed by atoms with E-state index < -0.39 is 22.2 Å². The number of nitrogens with zero attached hydrogens (tertiary/aromatic N) is 2. The van der Waals surface area contributed by atoms with Crippen LogP contribution in [0, 0.1) is 6.92 Å². The lowest BCUT2D eigenvalue weighted by Gasteiger charge is -2.24. The number of imidazole rings is 1. The van der Waals surface area contributed by atoms with Crippen LogP contribution in [0.1, 0.15) is 53.3 Å². The fraction of sp³-hybridized carbons (Fsp3) is 0.333. The van der Waals surface area contributed by atoms with Gasteiger partial charge in [0.05, 0.1) is 31.7 Å². The van der Waals surface area contributed by atoms with E-state index in [1.165, 1.54) is 14.2 Å². The molecule has 1 atom stereocenters. The van der Waals surface area contributed by atoms with E-state index in [-0.39, 0.29) is 17.4 Å². The SMILES string of the molecule is COC(=O)c1nc(-c2ccccc2OC)n(C(C)C)c1C(OS(C)(=O)=O)c1ccc(Cl)cc1C. The molecule has 0 spiro atoms. The van der Waals surface area contributed by atoms with E-state index in [9.17, 15) is 13.2 Å². The summed E-state index contributed by atoms with van der Waals surface area (Å²) in [6, 6.07) is 12.0. The molecule has 8 nitrogen and oxygen atoms in total. The molecule has 0 fully saturated rings. The van der Waals surface area contributed by atoms with Crippen LogP contribution in [-0.4, -0.2) is 44.4 Å². The minimum Gasteiger partial charge on any atom is -0.496 e. The number of carbonyl (C=O) groups is 1. The Morgan fingerprint density at radius 3 is 2.35 bits per heavy atom. The van der Waals surface area contributed by atoms with E-state index in [4.69, 9.17) is 25.3 Å². The summed E-state index contributed by atoms with van der Waals surface area (Å²) >= 11 is 6.14. The summed E-state index contributed by atoms with van der Waals surface area (Å²) in [6.07, 6.45) is -0.222. The Kier molecular flexibility index (Phi) is 7.70. The van der Waals surface area contributed by atoms with Crippen LogP contribution in [0.4, 0.5) is 0 Å². The zero-order chi connectivity index (χ0) is 25.2. The van der Waals surface area contributed by atoms with Gasteiger partial charge in [-0.05, 0) is 56.2 Å². The van der Waals surface area contributed by atoms with Gasteiger partial charge in [-0.3, -0.25) is 4.18 Å². The quantitative estimate of drug-likeness (QED) is 0.315. The third-order valence-electron chi connectivity index (χ3n) is 5.22. The summed E-state index contributed by atoms with van der Waals surface area (Å²) in [6.45, 7) is 5.59. The van der Waals surface area contributed by atoms with Crippen LogP contribution < -0.4 is 4.74 Å². The third-order valence-corrected chi connectivity index (χ3v) is 6.00. The first-order valence-electron chi connectivity index (χ1n) is 10.5. The monoisotopic (exact) mass is 506 g/mol. The molecule has 0 saturated carbocycles. The summed E-state index contributed by atoms with van der Waals surface area (Å²) in [5, 5.41) is 0.486. The number of ether oxygens (including phenoxy) is 2. The van der Waals surface area contributed by atoms with Gasteiger partial charge in [0, 0.05) is 11.1 Å². The van der Waals surface area contributed by atoms with Crippen LogP contribution in [0.5, 0.6) is 5.75 Å². The minimum absolute atomic E-state index is 0.0555. The normalized spacial score (nSPS) is 12.6. The molecule has 182 valence electrons. The highest BCUT2D eigenvalue weighted by molar-refractivity contribution is 7.86. The number of rotatable bonds is 8. The Morgan fingerprint density at radius 1 is 1.12 bits per heavy atom. The van der Waals surface area contributed by atoms with Crippen molar-refractivity contribution in [3.8, 4) is 17.1 Å². The van der Waals surface area contributed by atoms with Gasteiger partial charge in [-0.25, -0.2) is 9.78 Å². The molecule has 0 N–H and O–H groups in total. The zero-order valence-corrected chi connectivity index (χ0v) is 21.4. The first-order chi connectivity index (χ1) is 16.0. The number of halogens is 1.